The lowest BCUT2D eigenvalue weighted by Gasteiger charge is -2.19. The molecule has 0 radical (unpaired) electrons. The van der Waals surface area contributed by atoms with Crippen molar-refractivity contribution in [1.29, 1.82) is 0 Å². The smallest absolute Gasteiger partial charge is 0.337 e. The van der Waals surface area contributed by atoms with E-state index in [0.29, 0.717) is 35.6 Å². The van der Waals surface area contributed by atoms with Crippen LogP contribution in [0.25, 0.3) is 0 Å². The van der Waals surface area contributed by atoms with E-state index in [-0.39, 0.29) is 18.6 Å². The maximum Gasteiger partial charge on any atom is 0.337 e. The molecule has 1 unspecified atom stereocenters. The van der Waals surface area contributed by atoms with Crippen molar-refractivity contribution in [2.75, 3.05) is 13.7 Å². The summed E-state index contributed by atoms with van der Waals surface area (Å²) in [5, 5.41) is 23.8. The van der Waals surface area contributed by atoms with Gasteiger partial charge in [0.05, 0.1) is 25.4 Å². The zero-order valence-corrected chi connectivity index (χ0v) is 19.0. The molecule has 0 fully saturated rings. The first-order chi connectivity index (χ1) is 16.0. The molecule has 0 heterocycles. The van der Waals surface area contributed by atoms with E-state index in [2.05, 4.69) is 5.32 Å². The molecule has 6 nitrogen and oxygen atoms in total. The van der Waals surface area contributed by atoms with Gasteiger partial charge in [-0.1, -0.05) is 48.5 Å². The molecule has 3 aromatic rings. The Kier molecular flexibility index (Phi) is 9.01. The highest BCUT2D eigenvalue weighted by atomic mass is 16.5. The number of esters is 1. The fourth-order valence-electron chi connectivity index (χ4n) is 3.56. The van der Waals surface area contributed by atoms with Gasteiger partial charge in [-0.2, -0.15) is 0 Å². The fraction of sp³-hybridized carbons (Fsp3) is 0.296. The zero-order chi connectivity index (χ0) is 23.6. The normalized spacial score (nSPS) is 12.7. The lowest BCUT2D eigenvalue weighted by Crippen LogP contribution is -2.32. The monoisotopic (exact) mass is 449 g/mol. The van der Waals surface area contributed by atoms with Crippen LogP contribution in [0.15, 0.2) is 72.8 Å². The first-order valence-corrected chi connectivity index (χ1v) is 11.0. The Morgan fingerprint density at radius 2 is 1.73 bits per heavy atom. The molecule has 0 aliphatic heterocycles. The lowest BCUT2D eigenvalue weighted by molar-refractivity contribution is 0.0600. The molecule has 0 aromatic heterocycles. The number of benzene rings is 3. The van der Waals surface area contributed by atoms with Crippen LogP contribution in [0.3, 0.4) is 0 Å². The molecular formula is C27H31NO5. The van der Waals surface area contributed by atoms with Crippen molar-refractivity contribution >= 4 is 5.97 Å². The second-order valence-corrected chi connectivity index (χ2v) is 8.02. The standard InChI is InChI=1S/C27H31NO5/c1-19(14-20-8-10-22(11-9-20)27(31)32-2)28-16-25(30)23-12-13-26(24(15-23)17-29)33-18-21-6-4-3-5-7-21/h3-13,15,19,25,28-30H,14,16-18H2,1-2H3/t19-,25?/m1/s1. The minimum Gasteiger partial charge on any atom is -0.489 e. The molecule has 0 saturated carbocycles. The molecule has 0 spiro atoms. The average Bonchev–Trinajstić information content (AvgIpc) is 2.86. The SMILES string of the molecule is COC(=O)c1ccc(C[C@@H](C)NCC(O)c2ccc(OCc3ccccc3)c(CO)c2)cc1. The highest BCUT2D eigenvalue weighted by Crippen LogP contribution is 2.25. The van der Waals surface area contributed by atoms with Gasteiger partial charge in [0.2, 0.25) is 0 Å². The summed E-state index contributed by atoms with van der Waals surface area (Å²) in [5.74, 6) is 0.253. The van der Waals surface area contributed by atoms with Gasteiger partial charge in [-0.25, -0.2) is 4.79 Å². The number of aliphatic hydroxyl groups excluding tert-OH is 2. The Morgan fingerprint density at radius 1 is 1.00 bits per heavy atom. The van der Waals surface area contributed by atoms with Crippen LogP contribution in [0.4, 0.5) is 0 Å². The number of carbonyl (C=O) groups excluding carboxylic acids is 1. The quantitative estimate of drug-likeness (QED) is 0.386. The summed E-state index contributed by atoms with van der Waals surface area (Å²) in [6, 6.07) is 22.7. The summed E-state index contributed by atoms with van der Waals surface area (Å²) in [5.41, 5.74) is 4.01. The van der Waals surface area contributed by atoms with Crippen molar-refractivity contribution in [3.05, 3.63) is 101 Å². The Bertz CT molecular complexity index is 1020. The van der Waals surface area contributed by atoms with Crippen LogP contribution in [-0.4, -0.2) is 35.9 Å². The molecule has 0 amide bonds. The Morgan fingerprint density at radius 3 is 2.39 bits per heavy atom. The van der Waals surface area contributed by atoms with Crippen LogP contribution in [-0.2, 0) is 24.4 Å². The van der Waals surface area contributed by atoms with Crippen LogP contribution in [0.5, 0.6) is 5.75 Å². The molecule has 0 aliphatic rings. The number of ether oxygens (including phenoxy) is 2. The average molecular weight is 450 g/mol. The highest BCUT2D eigenvalue weighted by Gasteiger charge is 2.13. The van der Waals surface area contributed by atoms with Crippen LogP contribution in [0.2, 0.25) is 0 Å². The summed E-state index contributed by atoms with van der Waals surface area (Å²) in [6.07, 6.45) is 0.0325. The molecule has 3 aromatic carbocycles. The van der Waals surface area contributed by atoms with Crippen LogP contribution < -0.4 is 10.1 Å². The summed E-state index contributed by atoms with van der Waals surface area (Å²) in [7, 11) is 1.36. The first-order valence-electron chi connectivity index (χ1n) is 11.0. The topological polar surface area (TPSA) is 88.0 Å². The maximum atomic E-state index is 11.5. The zero-order valence-electron chi connectivity index (χ0n) is 19.0. The summed E-state index contributed by atoms with van der Waals surface area (Å²) < 4.78 is 10.6. The van der Waals surface area contributed by atoms with Gasteiger partial charge in [-0.15, -0.1) is 0 Å². The van der Waals surface area contributed by atoms with Crippen LogP contribution in [0, 0.1) is 0 Å². The summed E-state index contributed by atoms with van der Waals surface area (Å²) >= 11 is 0. The van der Waals surface area contributed by atoms with Gasteiger partial charge >= 0.3 is 5.97 Å². The van der Waals surface area contributed by atoms with Crippen molar-refractivity contribution in [3.63, 3.8) is 0 Å². The van der Waals surface area contributed by atoms with E-state index >= 15 is 0 Å². The van der Waals surface area contributed by atoms with E-state index < -0.39 is 6.10 Å². The summed E-state index contributed by atoms with van der Waals surface area (Å²) in [6.45, 7) is 2.66. The predicted octanol–water partition coefficient (Wildman–Crippen LogP) is 3.80. The van der Waals surface area contributed by atoms with Gasteiger partial charge in [0.25, 0.3) is 0 Å². The number of aliphatic hydroxyl groups is 2. The number of carbonyl (C=O) groups is 1. The van der Waals surface area contributed by atoms with E-state index in [1.54, 1.807) is 24.3 Å². The number of hydrogen-bond acceptors (Lipinski definition) is 6. The van der Waals surface area contributed by atoms with Gasteiger partial charge in [0.1, 0.15) is 12.4 Å². The van der Waals surface area contributed by atoms with Crippen LogP contribution in [0.1, 0.15) is 45.6 Å². The minimum absolute atomic E-state index is 0.120. The molecule has 174 valence electrons. The van der Waals surface area contributed by atoms with Crippen molar-refractivity contribution in [3.8, 4) is 5.75 Å². The number of rotatable bonds is 11. The van der Waals surface area contributed by atoms with Gasteiger partial charge in [-0.3, -0.25) is 0 Å². The Hall–Kier alpha value is -3.19. The van der Waals surface area contributed by atoms with E-state index in [4.69, 9.17) is 9.47 Å². The van der Waals surface area contributed by atoms with E-state index in [9.17, 15) is 15.0 Å². The molecule has 0 bridgehead atoms. The van der Waals surface area contributed by atoms with Gasteiger partial charge in [-0.05, 0) is 54.3 Å². The predicted molar refractivity (Wildman–Crippen MR) is 127 cm³/mol. The number of methoxy groups -OCH3 is 1. The van der Waals surface area contributed by atoms with Gasteiger partial charge in [0, 0.05) is 18.2 Å². The third-order valence-electron chi connectivity index (χ3n) is 5.45. The highest BCUT2D eigenvalue weighted by molar-refractivity contribution is 5.89. The molecule has 33 heavy (non-hydrogen) atoms. The van der Waals surface area contributed by atoms with Crippen molar-refractivity contribution < 1.29 is 24.5 Å². The molecule has 6 heteroatoms. The number of nitrogens with one attached hydrogen (secondary N) is 1. The second-order valence-electron chi connectivity index (χ2n) is 8.02. The molecule has 0 aliphatic carbocycles. The Labute approximate surface area is 194 Å². The van der Waals surface area contributed by atoms with Crippen molar-refractivity contribution in [2.24, 2.45) is 0 Å². The largest absolute Gasteiger partial charge is 0.489 e. The van der Waals surface area contributed by atoms with Gasteiger partial charge < -0.3 is 25.0 Å². The minimum atomic E-state index is -0.720. The second kappa shape index (κ2) is 12.2. The molecule has 3 N–H and O–H groups in total. The maximum absolute atomic E-state index is 11.5. The lowest BCUT2D eigenvalue weighted by atomic mass is 10.0. The molecular weight excluding hydrogens is 418 g/mol. The Balaban J connectivity index is 1.52. The van der Waals surface area contributed by atoms with E-state index in [1.165, 1.54) is 7.11 Å². The van der Waals surface area contributed by atoms with Crippen molar-refractivity contribution in [2.45, 2.75) is 38.7 Å². The molecule has 0 saturated heterocycles. The third kappa shape index (κ3) is 7.15. The molecule has 2 atom stereocenters. The fourth-order valence-corrected chi connectivity index (χ4v) is 3.56. The molecule has 3 rings (SSSR count). The summed E-state index contributed by atoms with van der Waals surface area (Å²) in [4.78, 5) is 11.5. The van der Waals surface area contributed by atoms with Gasteiger partial charge in [0.15, 0.2) is 0 Å². The van der Waals surface area contributed by atoms with E-state index in [0.717, 1.165) is 17.5 Å². The number of hydrogen-bond donors (Lipinski definition) is 3. The first kappa shape index (κ1) is 24.5. The van der Waals surface area contributed by atoms with E-state index in [1.807, 2.05) is 55.5 Å². The van der Waals surface area contributed by atoms with Crippen LogP contribution >= 0.6 is 0 Å². The van der Waals surface area contributed by atoms with Crippen molar-refractivity contribution in [1.82, 2.24) is 5.32 Å². The third-order valence-corrected chi connectivity index (χ3v) is 5.45.